The Labute approximate surface area is 242 Å². The van der Waals surface area contributed by atoms with Crippen LogP contribution < -0.4 is 24.8 Å². The largest absolute Gasteiger partial charge is 0.479 e. The van der Waals surface area contributed by atoms with Crippen LogP contribution in [0.3, 0.4) is 0 Å². The highest BCUT2D eigenvalue weighted by Crippen LogP contribution is 2.34. The molecule has 0 atom stereocenters. The molecule has 1 fully saturated rings. The third-order valence-electron chi connectivity index (χ3n) is 7.07. The smallest absolute Gasteiger partial charge is 0.291 e. The van der Waals surface area contributed by atoms with Crippen LogP contribution >= 0.6 is 0 Å². The van der Waals surface area contributed by atoms with E-state index in [1.807, 2.05) is 19.1 Å². The molecular formula is C30H42N6O5. The molecule has 0 radical (unpaired) electrons. The molecule has 1 aliphatic rings. The Morgan fingerprint density at radius 2 is 1.71 bits per heavy atom. The number of rotatable bonds is 11. The van der Waals surface area contributed by atoms with Gasteiger partial charge < -0.3 is 39.1 Å². The second kappa shape index (κ2) is 13.2. The van der Waals surface area contributed by atoms with Gasteiger partial charge in [0, 0.05) is 38.8 Å². The molecule has 3 aromatic rings. The standard InChI is InChI=1S/C30H42N6O5/c1-20-9-10-21(30(2,3)4)19-23(20)41-24-12-11-22(40-24)26(37)32-25-27(38-6)33-29(34-28(25)39-7)31-13-8-14-36-17-15-35(5)16-18-36/h9-12,19H,8,13-18H2,1-7H3,(H,32,37)(H,31,33,34). The lowest BCUT2D eigenvalue weighted by molar-refractivity contribution is 0.0990. The van der Waals surface area contributed by atoms with Crippen molar-refractivity contribution in [3.05, 3.63) is 47.2 Å². The summed E-state index contributed by atoms with van der Waals surface area (Å²) < 4.78 is 22.6. The molecule has 1 saturated heterocycles. The number of benzene rings is 1. The average Bonchev–Trinajstić information content (AvgIpc) is 3.41. The highest BCUT2D eigenvalue weighted by Gasteiger charge is 2.22. The Balaban J connectivity index is 1.39. The molecule has 4 rings (SSSR count). The Kier molecular flexibility index (Phi) is 9.72. The predicted molar refractivity (Wildman–Crippen MR) is 159 cm³/mol. The van der Waals surface area contributed by atoms with Crippen molar-refractivity contribution in [2.45, 2.75) is 39.5 Å². The first-order valence-electron chi connectivity index (χ1n) is 13.9. The van der Waals surface area contributed by atoms with Crippen LogP contribution in [0.25, 0.3) is 0 Å². The topological polar surface area (TPSA) is 114 Å². The number of aromatic nitrogens is 2. The number of piperazine rings is 1. The van der Waals surface area contributed by atoms with Gasteiger partial charge in [-0.2, -0.15) is 9.97 Å². The fourth-order valence-corrected chi connectivity index (χ4v) is 4.43. The quantitative estimate of drug-likeness (QED) is 0.314. The molecule has 3 heterocycles. The SMILES string of the molecule is COc1nc(NCCCN2CCN(C)CC2)nc(OC)c1NC(=O)c1ccc(Oc2cc(C(C)(C)C)ccc2C)o1. The van der Waals surface area contributed by atoms with Crippen molar-refractivity contribution in [1.82, 2.24) is 19.8 Å². The van der Waals surface area contributed by atoms with E-state index in [9.17, 15) is 4.79 Å². The molecule has 0 aliphatic carbocycles. The molecule has 222 valence electrons. The average molecular weight is 567 g/mol. The molecule has 1 aliphatic heterocycles. The number of furan rings is 1. The van der Waals surface area contributed by atoms with Crippen molar-refractivity contribution >= 4 is 17.5 Å². The van der Waals surface area contributed by atoms with E-state index < -0.39 is 5.91 Å². The molecule has 0 unspecified atom stereocenters. The second-order valence-electron chi connectivity index (χ2n) is 11.3. The zero-order chi connectivity index (χ0) is 29.6. The summed E-state index contributed by atoms with van der Waals surface area (Å²) in [6.07, 6.45) is 0.944. The molecule has 41 heavy (non-hydrogen) atoms. The van der Waals surface area contributed by atoms with Crippen LogP contribution in [0.2, 0.25) is 0 Å². The van der Waals surface area contributed by atoms with E-state index in [1.54, 1.807) is 12.1 Å². The fraction of sp³-hybridized carbons (Fsp3) is 0.500. The van der Waals surface area contributed by atoms with Crippen LogP contribution in [0.4, 0.5) is 11.6 Å². The van der Waals surface area contributed by atoms with E-state index in [4.69, 9.17) is 18.6 Å². The van der Waals surface area contributed by atoms with Gasteiger partial charge in [0.05, 0.1) is 14.2 Å². The van der Waals surface area contributed by atoms with Gasteiger partial charge in [0.1, 0.15) is 5.75 Å². The molecule has 1 amide bonds. The van der Waals surface area contributed by atoms with Gasteiger partial charge in [-0.05, 0) is 55.6 Å². The second-order valence-corrected chi connectivity index (χ2v) is 11.3. The third kappa shape index (κ3) is 7.89. The first-order chi connectivity index (χ1) is 19.6. The Morgan fingerprint density at radius 3 is 2.34 bits per heavy atom. The molecule has 2 N–H and O–H groups in total. The predicted octanol–water partition coefficient (Wildman–Crippen LogP) is 4.79. The summed E-state index contributed by atoms with van der Waals surface area (Å²) in [6, 6.07) is 9.24. The van der Waals surface area contributed by atoms with Crippen molar-refractivity contribution in [3.8, 4) is 23.5 Å². The molecule has 0 spiro atoms. The first kappa shape index (κ1) is 30.1. The number of methoxy groups -OCH3 is 2. The Morgan fingerprint density at radius 1 is 1.02 bits per heavy atom. The van der Waals surface area contributed by atoms with Gasteiger partial charge in [-0.3, -0.25) is 4.79 Å². The Bertz CT molecular complexity index is 1300. The maximum Gasteiger partial charge on any atom is 0.291 e. The first-order valence-corrected chi connectivity index (χ1v) is 13.9. The van der Waals surface area contributed by atoms with Gasteiger partial charge >= 0.3 is 0 Å². The van der Waals surface area contributed by atoms with Crippen molar-refractivity contribution in [2.75, 3.05) is 71.2 Å². The monoisotopic (exact) mass is 566 g/mol. The fourth-order valence-electron chi connectivity index (χ4n) is 4.43. The molecule has 0 saturated carbocycles. The van der Waals surface area contributed by atoms with Gasteiger partial charge in [0.2, 0.25) is 17.7 Å². The Hall–Kier alpha value is -3.83. The number of likely N-dealkylation sites (N-methyl/N-ethyl adjacent to an activating group) is 1. The van der Waals surface area contributed by atoms with Crippen LogP contribution in [0.15, 0.2) is 34.7 Å². The number of amides is 1. The summed E-state index contributed by atoms with van der Waals surface area (Å²) in [5.74, 6) is 1.11. The van der Waals surface area contributed by atoms with Crippen molar-refractivity contribution in [3.63, 3.8) is 0 Å². The molecule has 11 heteroatoms. The number of carbonyl (C=O) groups is 1. The minimum Gasteiger partial charge on any atom is -0.479 e. The normalized spacial score (nSPS) is 14.5. The zero-order valence-electron chi connectivity index (χ0n) is 25.2. The molecule has 0 bridgehead atoms. The van der Waals surface area contributed by atoms with Crippen molar-refractivity contribution in [1.29, 1.82) is 0 Å². The number of aryl methyl sites for hydroxylation is 1. The van der Waals surface area contributed by atoms with Crippen LogP contribution in [0, 0.1) is 6.92 Å². The minimum absolute atomic E-state index is 0.0319. The summed E-state index contributed by atoms with van der Waals surface area (Å²) in [6.45, 7) is 14.4. The highest BCUT2D eigenvalue weighted by molar-refractivity contribution is 6.03. The lowest BCUT2D eigenvalue weighted by atomic mass is 9.86. The van der Waals surface area contributed by atoms with E-state index in [2.05, 4.69) is 64.3 Å². The van der Waals surface area contributed by atoms with Crippen LogP contribution in [-0.4, -0.2) is 86.2 Å². The maximum atomic E-state index is 13.1. The summed E-state index contributed by atoms with van der Waals surface area (Å²) in [5.41, 5.74) is 2.26. The van der Waals surface area contributed by atoms with E-state index in [-0.39, 0.29) is 34.6 Å². The number of carbonyl (C=O) groups excluding carboxylic acids is 1. The van der Waals surface area contributed by atoms with Crippen molar-refractivity contribution in [2.24, 2.45) is 0 Å². The number of nitrogens with zero attached hydrogens (tertiary/aromatic N) is 4. The summed E-state index contributed by atoms with van der Waals surface area (Å²) >= 11 is 0. The van der Waals surface area contributed by atoms with Crippen LogP contribution in [0.5, 0.6) is 23.5 Å². The van der Waals surface area contributed by atoms with E-state index in [0.29, 0.717) is 18.2 Å². The van der Waals surface area contributed by atoms with Gasteiger partial charge in [0.15, 0.2) is 11.4 Å². The van der Waals surface area contributed by atoms with Crippen LogP contribution in [-0.2, 0) is 5.41 Å². The van der Waals surface area contributed by atoms with Gasteiger partial charge in [-0.25, -0.2) is 0 Å². The van der Waals surface area contributed by atoms with Gasteiger partial charge in [-0.15, -0.1) is 0 Å². The molecule has 11 nitrogen and oxygen atoms in total. The number of ether oxygens (including phenoxy) is 3. The van der Waals surface area contributed by atoms with Crippen LogP contribution in [0.1, 0.15) is 48.9 Å². The summed E-state index contributed by atoms with van der Waals surface area (Å²) in [4.78, 5) is 26.7. The third-order valence-corrected chi connectivity index (χ3v) is 7.07. The number of hydrogen-bond donors (Lipinski definition) is 2. The van der Waals surface area contributed by atoms with Gasteiger partial charge in [-0.1, -0.05) is 32.9 Å². The van der Waals surface area contributed by atoms with E-state index >= 15 is 0 Å². The molecule has 1 aromatic carbocycles. The maximum absolute atomic E-state index is 13.1. The van der Waals surface area contributed by atoms with Gasteiger partial charge in [0.25, 0.3) is 11.9 Å². The lowest BCUT2D eigenvalue weighted by Gasteiger charge is -2.32. The zero-order valence-corrected chi connectivity index (χ0v) is 25.2. The molecular weight excluding hydrogens is 524 g/mol. The van der Waals surface area contributed by atoms with E-state index in [0.717, 1.165) is 50.3 Å². The number of hydrogen-bond acceptors (Lipinski definition) is 10. The van der Waals surface area contributed by atoms with E-state index in [1.165, 1.54) is 14.2 Å². The minimum atomic E-state index is -0.520. The molecule has 2 aromatic heterocycles. The van der Waals surface area contributed by atoms with Crippen molar-refractivity contribution < 1.29 is 23.4 Å². The lowest BCUT2D eigenvalue weighted by Crippen LogP contribution is -2.44. The highest BCUT2D eigenvalue weighted by atomic mass is 16.6. The number of anilines is 2. The number of nitrogens with one attached hydrogen (secondary N) is 2. The summed E-state index contributed by atoms with van der Waals surface area (Å²) in [7, 11) is 5.10. The summed E-state index contributed by atoms with van der Waals surface area (Å²) in [5, 5.41) is 5.99.